The third-order valence-corrected chi connectivity index (χ3v) is 4.58. The van der Waals surface area contributed by atoms with Crippen molar-refractivity contribution in [2.75, 3.05) is 7.11 Å². The van der Waals surface area contributed by atoms with Gasteiger partial charge in [-0.05, 0) is 45.0 Å². The number of halogens is 4. The summed E-state index contributed by atoms with van der Waals surface area (Å²) in [7, 11) is 1.48. The smallest absolute Gasteiger partial charge is 0.403 e. The van der Waals surface area contributed by atoms with Crippen molar-refractivity contribution in [1.82, 2.24) is 19.9 Å². The monoisotopic (exact) mass is 396 g/mol. The number of methoxy groups -OCH3 is 1. The molecule has 2 heterocycles. The Balaban J connectivity index is 2.06. The summed E-state index contributed by atoms with van der Waals surface area (Å²) in [5.41, 5.74) is 2.11. The number of ether oxygens (including phenoxy) is 1. The van der Waals surface area contributed by atoms with Gasteiger partial charge in [0.2, 0.25) is 0 Å². The number of aromatic nitrogens is 3. The molecule has 1 N–H and O–H groups in total. The molecular formula is C19H20F4N4O. The van der Waals surface area contributed by atoms with Crippen molar-refractivity contribution in [3.05, 3.63) is 47.5 Å². The lowest BCUT2D eigenvalue weighted by Gasteiger charge is -2.21. The van der Waals surface area contributed by atoms with Crippen LogP contribution >= 0.6 is 0 Å². The first-order valence-corrected chi connectivity index (χ1v) is 8.63. The number of hydrogen-bond donors (Lipinski definition) is 1. The molecule has 9 heteroatoms. The van der Waals surface area contributed by atoms with Crippen molar-refractivity contribution in [3.63, 3.8) is 0 Å². The van der Waals surface area contributed by atoms with Gasteiger partial charge in [-0.2, -0.15) is 18.3 Å². The lowest BCUT2D eigenvalue weighted by atomic mass is 10.1. The Morgan fingerprint density at radius 1 is 1.18 bits per heavy atom. The van der Waals surface area contributed by atoms with Gasteiger partial charge in [0.15, 0.2) is 5.65 Å². The molecule has 3 aromatic rings. The molecule has 1 aromatic carbocycles. The summed E-state index contributed by atoms with van der Waals surface area (Å²) < 4.78 is 59.7. The molecule has 0 saturated carbocycles. The number of hydrogen-bond acceptors (Lipinski definition) is 4. The van der Waals surface area contributed by atoms with E-state index in [9.17, 15) is 17.6 Å². The van der Waals surface area contributed by atoms with E-state index in [1.165, 1.54) is 36.0 Å². The number of fused-ring (bicyclic) bond motifs is 1. The minimum absolute atomic E-state index is 0.237. The van der Waals surface area contributed by atoms with E-state index in [0.29, 0.717) is 28.3 Å². The van der Waals surface area contributed by atoms with Crippen molar-refractivity contribution in [2.24, 2.45) is 0 Å². The number of nitrogens with zero attached hydrogens (tertiary/aromatic N) is 3. The average molecular weight is 396 g/mol. The molecule has 0 radical (unpaired) electrons. The summed E-state index contributed by atoms with van der Waals surface area (Å²) in [4.78, 5) is 4.48. The van der Waals surface area contributed by atoms with E-state index in [4.69, 9.17) is 4.74 Å². The van der Waals surface area contributed by atoms with Gasteiger partial charge in [-0.1, -0.05) is 0 Å². The van der Waals surface area contributed by atoms with Gasteiger partial charge in [-0.3, -0.25) is 5.32 Å². The van der Waals surface area contributed by atoms with Crippen molar-refractivity contribution in [3.8, 4) is 17.0 Å². The molecule has 2 atom stereocenters. The Morgan fingerprint density at radius 3 is 2.54 bits per heavy atom. The van der Waals surface area contributed by atoms with Crippen LogP contribution in [-0.2, 0) is 0 Å². The Bertz CT molecular complexity index is 999. The van der Waals surface area contributed by atoms with Gasteiger partial charge < -0.3 is 4.74 Å². The Labute approximate surface area is 159 Å². The normalized spacial score (nSPS) is 14.3. The zero-order valence-electron chi connectivity index (χ0n) is 15.8. The van der Waals surface area contributed by atoms with Crippen LogP contribution in [-0.4, -0.2) is 33.9 Å². The molecule has 0 saturated heterocycles. The standard InChI is InChI=1S/C19H20F4N4O/c1-10-7-17(14-8-13(28-4)5-6-16(14)20)26-18-15(9-24-27(10)18)11(2)25-12(3)19(21,22)23/h5-9,11-12,25H,1-4H3/t11?,12-/m1/s1. The molecule has 0 bridgehead atoms. The second kappa shape index (κ2) is 7.38. The van der Waals surface area contributed by atoms with E-state index in [-0.39, 0.29) is 5.56 Å². The van der Waals surface area contributed by atoms with Gasteiger partial charge in [-0.15, -0.1) is 0 Å². The maximum Gasteiger partial charge on any atom is 0.403 e. The molecule has 1 unspecified atom stereocenters. The fourth-order valence-corrected chi connectivity index (χ4v) is 2.96. The zero-order chi connectivity index (χ0) is 20.6. The van der Waals surface area contributed by atoms with Crippen LogP contribution in [0.1, 0.15) is 31.1 Å². The van der Waals surface area contributed by atoms with Gasteiger partial charge in [-0.25, -0.2) is 13.9 Å². The van der Waals surface area contributed by atoms with Crippen LogP contribution in [0.5, 0.6) is 5.75 Å². The number of benzene rings is 1. The summed E-state index contributed by atoms with van der Waals surface area (Å²) in [5.74, 6) is -0.00604. The number of rotatable bonds is 5. The van der Waals surface area contributed by atoms with Crippen molar-refractivity contribution < 1.29 is 22.3 Å². The number of alkyl halides is 3. The average Bonchev–Trinajstić information content (AvgIpc) is 3.06. The molecule has 5 nitrogen and oxygen atoms in total. The first kappa shape index (κ1) is 20.1. The Kier molecular flexibility index (Phi) is 5.29. The number of nitrogens with one attached hydrogen (secondary N) is 1. The van der Waals surface area contributed by atoms with E-state index >= 15 is 0 Å². The van der Waals surface area contributed by atoms with Crippen LogP contribution in [0, 0.1) is 12.7 Å². The van der Waals surface area contributed by atoms with Crippen LogP contribution in [0.15, 0.2) is 30.5 Å². The first-order valence-electron chi connectivity index (χ1n) is 8.63. The lowest BCUT2D eigenvalue weighted by molar-refractivity contribution is -0.153. The van der Waals surface area contributed by atoms with Gasteiger partial charge in [0.05, 0.1) is 19.0 Å². The summed E-state index contributed by atoms with van der Waals surface area (Å²) in [5, 5.41) is 6.72. The van der Waals surface area contributed by atoms with Crippen molar-refractivity contribution in [1.29, 1.82) is 0 Å². The fourth-order valence-electron chi connectivity index (χ4n) is 2.96. The van der Waals surface area contributed by atoms with Crippen LogP contribution in [0.3, 0.4) is 0 Å². The molecule has 0 aliphatic heterocycles. The third kappa shape index (κ3) is 3.80. The predicted molar refractivity (Wildman–Crippen MR) is 96.7 cm³/mol. The minimum Gasteiger partial charge on any atom is -0.497 e. The molecule has 0 amide bonds. The molecule has 0 fully saturated rings. The topological polar surface area (TPSA) is 51.5 Å². The maximum absolute atomic E-state index is 14.4. The van der Waals surface area contributed by atoms with Crippen LogP contribution in [0.2, 0.25) is 0 Å². The highest BCUT2D eigenvalue weighted by atomic mass is 19.4. The van der Waals surface area contributed by atoms with E-state index in [0.717, 1.165) is 6.92 Å². The molecule has 3 rings (SSSR count). The quantitative estimate of drug-likeness (QED) is 0.648. The Hall–Kier alpha value is -2.68. The molecule has 150 valence electrons. The maximum atomic E-state index is 14.4. The van der Waals surface area contributed by atoms with Gasteiger partial charge in [0.25, 0.3) is 0 Å². The van der Waals surface area contributed by atoms with E-state index in [2.05, 4.69) is 15.4 Å². The Morgan fingerprint density at radius 2 is 1.89 bits per heavy atom. The van der Waals surface area contributed by atoms with Gasteiger partial charge >= 0.3 is 6.18 Å². The summed E-state index contributed by atoms with van der Waals surface area (Å²) in [6, 6.07) is 3.61. The lowest BCUT2D eigenvalue weighted by Crippen LogP contribution is -2.40. The minimum atomic E-state index is -4.37. The highest BCUT2D eigenvalue weighted by molar-refractivity contribution is 5.66. The molecule has 0 spiro atoms. The van der Waals surface area contributed by atoms with Gasteiger partial charge in [0, 0.05) is 22.9 Å². The highest BCUT2D eigenvalue weighted by Crippen LogP contribution is 2.29. The molecule has 0 aliphatic carbocycles. The highest BCUT2D eigenvalue weighted by Gasteiger charge is 2.37. The molecule has 2 aromatic heterocycles. The SMILES string of the molecule is COc1ccc(F)c(-c2cc(C)n3ncc(C(C)N[C@H](C)C(F)(F)F)c3n2)c1. The van der Waals surface area contributed by atoms with Crippen LogP contribution < -0.4 is 10.1 Å². The molecule has 0 aliphatic rings. The third-order valence-electron chi connectivity index (χ3n) is 4.58. The van der Waals surface area contributed by atoms with Crippen molar-refractivity contribution in [2.45, 2.75) is 39.0 Å². The predicted octanol–water partition coefficient (Wildman–Crippen LogP) is 4.45. The van der Waals surface area contributed by atoms with Crippen LogP contribution in [0.25, 0.3) is 16.9 Å². The fraction of sp³-hybridized carbons (Fsp3) is 0.368. The summed E-state index contributed by atoms with van der Waals surface area (Å²) >= 11 is 0. The van der Waals surface area contributed by atoms with Crippen molar-refractivity contribution >= 4 is 5.65 Å². The summed E-state index contributed by atoms with van der Waals surface area (Å²) in [6.07, 6.45) is -2.89. The molecule has 28 heavy (non-hydrogen) atoms. The second-order valence-corrected chi connectivity index (χ2v) is 6.62. The number of aryl methyl sites for hydroxylation is 1. The zero-order valence-corrected chi connectivity index (χ0v) is 15.8. The van der Waals surface area contributed by atoms with E-state index < -0.39 is 24.1 Å². The second-order valence-electron chi connectivity index (χ2n) is 6.62. The molecular weight excluding hydrogens is 376 g/mol. The largest absolute Gasteiger partial charge is 0.497 e. The van der Waals surface area contributed by atoms with Gasteiger partial charge in [0.1, 0.15) is 17.6 Å². The van der Waals surface area contributed by atoms with Crippen LogP contribution in [0.4, 0.5) is 17.6 Å². The first-order chi connectivity index (χ1) is 13.1. The summed E-state index contributed by atoms with van der Waals surface area (Å²) in [6.45, 7) is 4.43. The van der Waals surface area contributed by atoms with E-state index in [1.807, 2.05) is 0 Å². The van der Waals surface area contributed by atoms with E-state index in [1.54, 1.807) is 19.9 Å².